The van der Waals surface area contributed by atoms with Gasteiger partial charge in [0.1, 0.15) is 10.3 Å². The molecule has 3 rings (SSSR count). The highest BCUT2D eigenvalue weighted by atomic mass is 79.9. The molecule has 1 saturated carbocycles. The van der Waals surface area contributed by atoms with E-state index in [0.29, 0.717) is 22.6 Å². The van der Waals surface area contributed by atoms with Crippen LogP contribution in [0, 0.1) is 5.92 Å². The summed E-state index contributed by atoms with van der Waals surface area (Å²) in [5, 5.41) is 7.41. The van der Waals surface area contributed by atoms with Gasteiger partial charge in [-0.05, 0) is 34.7 Å². The maximum absolute atomic E-state index is 12.2. The van der Waals surface area contributed by atoms with Crippen LogP contribution < -0.4 is 10.9 Å². The van der Waals surface area contributed by atoms with Gasteiger partial charge in [0, 0.05) is 26.0 Å². The van der Waals surface area contributed by atoms with Gasteiger partial charge in [-0.3, -0.25) is 4.79 Å². The zero-order chi connectivity index (χ0) is 14.1. The predicted molar refractivity (Wildman–Crippen MR) is 79.5 cm³/mol. The van der Waals surface area contributed by atoms with E-state index >= 15 is 0 Å². The van der Waals surface area contributed by atoms with Crippen molar-refractivity contribution in [3.05, 3.63) is 39.2 Å². The van der Waals surface area contributed by atoms with E-state index in [2.05, 4.69) is 31.3 Å². The topological polar surface area (TPSA) is 64.7 Å². The van der Waals surface area contributed by atoms with Crippen LogP contribution in [-0.4, -0.2) is 19.3 Å². The standard InChI is InChI=1S/C13H16BrN5O/c1-18-5-4-15-11(18)7-16-10-6-17-19(8-9-2-3-9)13(20)12(10)14/h4-6,9,16H,2-3,7-8H2,1H3. The first-order valence-electron chi connectivity index (χ1n) is 6.61. The molecule has 0 spiro atoms. The zero-order valence-corrected chi connectivity index (χ0v) is 12.8. The number of imidazole rings is 1. The molecular weight excluding hydrogens is 322 g/mol. The molecule has 0 bridgehead atoms. The Balaban J connectivity index is 1.75. The minimum atomic E-state index is -0.0817. The third-order valence-corrected chi connectivity index (χ3v) is 4.24. The van der Waals surface area contributed by atoms with Crippen LogP contribution in [0.5, 0.6) is 0 Å². The van der Waals surface area contributed by atoms with Crippen molar-refractivity contribution in [2.24, 2.45) is 13.0 Å². The Hall–Kier alpha value is -1.63. The van der Waals surface area contributed by atoms with Gasteiger partial charge in [0.25, 0.3) is 5.56 Å². The molecule has 1 N–H and O–H groups in total. The number of anilines is 1. The molecule has 2 heterocycles. The van der Waals surface area contributed by atoms with Crippen LogP contribution in [-0.2, 0) is 20.1 Å². The minimum absolute atomic E-state index is 0.0817. The van der Waals surface area contributed by atoms with Crippen LogP contribution in [0.25, 0.3) is 0 Å². The molecule has 0 aliphatic heterocycles. The average Bonchev–Trinajstić information content (AvgIpc) is 3.16. The Morgan fingerprint density at radius 2 is 2.30 bits per heavy atom. The van der Waals surface area contributed by atoms with Crippen LogP contribution in [0.2, 0.25) is 0 Å². The van der Waals surface area contributed by atoms with Crippen molar-refractivity contribution in [2.75, 3.05) is 5.32 Å². The van der Waals surface area contributed by atoms with Crippen molar-refractivity contribution in [1.82, 2.24) is 19.3 Å². The summed E-state index contributed by atoms with van der Waals surface area (Å²) in [5.74, 6) is 1.53. The van der Waals surface area contributed by atoms with Gasteiger partial charge in [-0.1, -0.05) is 0 Å². The molecule has 1 aliphatic carbocycles. The van der Waals surface area contributed by atoms with E-state index in [0.717, 1.165) is 12.4 Å². The van der Waals surface area contributed by atoms with Gasteiger partial charge < -0.3 is 9.88 Å². The van der Waals surface area contributed by atoms with Gasteiger partial charge in [-0.2, -0.15) is 5.10 Å². The predicted octanol–water partition coefficient (Wildman–Crippen LogP) is 1.76. The molecule has 7 heteroatoms. The molecule has 2 aromatic rings. The second-order valence-corrected chi connectivity index (χ2v) is 5.90. The van der Waals surface area contributed by atoms with Gasteiger partial charge in [0.2, 0.25) is 0 Å². The van der Waals surface area contributed by atoms with E-state index in [1.807, 2.05) is 17.8 Å². The first-order valence-corrected chi connectivity index (χ1v) is 7.40. The summed E-state index contributed by atoms with van der Waals surface area (Å²) >= 11 is 3.36. The lowest BCUT2D eigenvalue weighted by molar-refractivity contribution is 0.532. The molecule has 106 valence electrons. The smallest absolute Gasteiger partial charge is 0.283 e. The molecule has 0 amide bonds. The second kappa shape index (κ2) is 5.40. The summed E-state index contributed by atoms with van der Waals surface area (Å²) in [6, 6.07) is 0. The lowest BCUT2D eigenvalue weighted by Gasteiger charge is -2.10. The van der Waals surface area contributed by atoms with E-state index in [1.165, 1.54) is 17.5 Å². The number of hydrogen-bond acceptors (Lipinski definition) is 4. The SMILES string of the molecule is Cn1ccnc1CNc1cnn(CC2CC2)c(=O)c1Br. The van der Waals surface area contributed by atoms with Gasteiger partial charge >= 0.3 is 0 Å². The summed E-state index contributed by atoms with van der Waals surface area (Å²) in [6.45, 7) is 1.27. The summed E-state index contributed by atoms with van der Waals surface area (Å²) < 4.78 is 4.00. The molecule has 6 nitrogen and oxygen atoms in total. The highest BCUT2D eigenvalue weighted by Crippen LogP contribution is 2.30. The van der Waals surface area contributed by atoms with Gasteiger partial charge in [0.05, 0.1) is 18.4 Å². The number of hydrogen-bond donors (Lipinski definition) is 1. The van der Waals surface area contributed by atoms with E-state index in [9.17, 15) is 4.79 Å². The highest BCUT2D eigenvalue weighted by Gasteiger charge is 2.23. The van der Waals surface area contributed by atoms with Crippen molar-refractivity contribution in [3.63, 3.8) is 0 Å². The quantitative estimate of drug-likeness (QED) is 0.902. The first-order chi connectivity index (χ1) is 9.65. The Bertz CT molecular complexity index is 674. The fraction of sp³-hybridized carbons (Fsp3) is 0.462. The van der Waals surface area contributed by atoms with Crippen molar-refractivity contribution in [2.45, 2.75) is 25.9 Å². The molecule has 0 unspecified atom stereocenters. The highest BCUT2D eigenvalue weighted by molar-refractivity contribution is 9.10. The van der Waals surface area contributed by atoms with Crippen molar-refractivity contribution in [3.8, 4) is 0 Å². The largest absolute Gasteiger partial charge is 0.375 e. The molecule has 0 saturated heterocycles. The third kappa shape index (κ3) is 2.77. The number of rotatable bonds is 5. The fourth-order valence-corrected chi connectivity index (χ4v) is 2.45. The van der Waals surface area contributed by atoms with Gasteiger partial charge in [-0.15, -0.1) is 0 Å². The summed E-state index contributed by atoms with van der Waals surface area (Å²) in [7, 11) is 1.94. The molecule has 0 aromatic carbocycles. The molecule has 1 fully saturated rings. The third-order valence-electron chi connectivity index (χ3n) is 3.47. The number of nitrogens with zero attached hydrogens (tertiary/aromatic N) is 4. The Kier molecular flexibility index (Phi) is 3.60. The fourth-order valence-electron chi connectivity index (χ4n) is 2.00. The first kappa shape index (κ1) is 13.4. The number of halogens is 1. The van der Waals surface area contributed by atoms with Crippen molar-refractivity contribution >= 4 is 21.6 Å². The molecule has 0 atom stereocenters. The lowest BCUT2D eigenvalue weighted by atomic mass is 10.4. The minimum Gasteiger partial charge on any atom is -0.375 e. The van der Waals surface area contributed by atoms with Gasteiger partial charge in [0.15, 0.2) is 0 Å². The van der Waals surface area contributed by atoms with Crippen LogP contribution in [0.1, 0.15) is 18.7 Å². The van der Waals surface area contributed by atoms with E-state index in [4.69, 9.17) is 0 Å². The lowest BCUT2D eigenvalue weighted by Crippen LogP contribution is -2.25. The van der Waals surface area contributed by atoms with Crippen LogP contribution in [0.15, 0.2) is 27.9 Å². The maximum atomic E-state index is 12.2. The number of nitrogens with one attached hydrogen (secondary N) is 1. The summed E-state index contributed by atoms with van der Waals surface area (Å²) in [4.78, 5) is 16.4. The van der Waals surface area contributed by atoms with E-state index in [1.54, 1.807) is 12.4 Å². The van der Waals surface area contributed by atoms with Crippen molar-refractivity contribution in [1.29, 1.82) is 0 Å². The Labute approximate surface area is 125 Å². The monoisotopic (exact) mass is 337 g/mol. The molecule has 0 radical (unpaired) electrons. The molecule has 2 aromatic heterocycles. The van der Waals surface area contributed by atoms with Crippen molar-refractivity contribution < 1.29 is 0 Å². The van der Waals surface area contributed by atoms with E-state index < -0.39 is 0 Å². The molecular formula is C13H16BrN5O. The summed E-state index contributed by atoms with van der Waals surface area (Å²) in [6.07, 6.45) is 7.72. The van der Waals surface area contributed by atoms with Crippen LogP contribution in [0.3, 0.4) is 0 Å². The number of aryl methyl sites for hydroxylation is 1. The number of aromatic nitrogens is 4. The Morgan fingerprint density at radius 3 is 2.95 bits per heavy atom. The van der Waals surface area contributed by atoms with Crippen LogP contribution in [0.4, 0.5) is 5.69 Å². The van der Waals surface area contributed by atoms with Crippen LogP contribution >= 0.6 is 15.9 Å². The zero-order valence-electron chi connectivity index (χ0n) is 11.2. The maximum Gasteiger partial charge on any atom is 0.283 e. The average molecular weight is 338 g/mol. The normalized spacial score (nSPS) is 14.5. The molecule has 1 aliphatic rings. The second-order valence-electron chi connectivity index (χ2n) is 5.11. The molecule has 20 heavy (non-hydrogen) atoms. The summed E-state index contributed by atoms with van der Waals surface area (Å²) in [5.41, 5.74) is 0.617. The van der Waals surface area contributed by atoms with E-state index in [-0.39, 0.29) is 5.56 Å². The Morgan fingerprint density at radius 1 is 1.50 bits per heavy atom. The van der Waals surface area contributed by atoms with Gasteiger partial charge in [-0.25, -0.2) is 9.67 Å².